The van der Waals surface area contributed by atoms with Crippen molar-refractivity contribution in [3.05, 3.63) is 11.3 Å². The van der Waals surface area contributed by atoms with Crippen molar-refractivity contribution in [2.75, 3.05) is 24.7 Å². The Morgan fingerprint density at radius 2 is 2.21 bits per heavy atom. The molecule has 1 atom stereocenters. The summed E-state index contributed by atoms with van der Waals surface area (Å²) < 4.78 is 6.66. The molecule has 1 saturated heterocycles. The molecule has 0 spiro atoms. The lowest BCUT2D eigenvalue weighted by molar-refractivity contribution is -0.141. The standard InChI is InChI=1S/C11H16N4O4/c1-6-8(9(12)16)10(14(2)13-6)15-3-4-19-5-7(15)11(17)18/h7H,3-5H2,1-2H3,(H2,12,16)(H,17,18). The molecule has 2 heterocycles. The number of amides is 1. The molecule has 0 aromatic carbocycles. The Balaban J connectivity index is 2.50. The van der Waals surface area contributed by atoms with E-state index in [-0.39, 0.29) is 12.2 Å². The van der Waals surface area contributed by atoms with Gasteiger partial charge in [0.15, 0.2) is 6.04 Å². The highest BCUT2D eigenvalue weighted by molar-refractivity contribution is 5.99. The number of hydrogen-bond donors (Lipinski definition) is 2. The summed E-state index contributed by atoms with van der Waals surface area (Å²) in [6, 6.07) is -0.846. The zero-order valence-electron chi connectivity index (χ0n) is 10.8. The summed E-state index contributed by atoms with van der Waals surface area (Å²) >= 11 is 0. The molecule has 1 aliphatic heterocycles. The molecule has 1 fully saturated rings. The lowest BCUT2D eigenvalue weighted by Gasteiger charge is -2.34. The summed E-state index contributed by atoms with van der Waals surface area (Å²) in [6.45, 7) is 2.50. The fraction of sp³-hybridized carbons (Fsp3) is 0.545. The Bertz CT molecular complexity index is 525. The van der Waals surface area contributed by atoms with Crippen molar-refractivity contribution in [1.29, 1.82) is 0 Å². The fourth-order valence-corrected chi connectivity index (χ4v) is 2.33. The number of carbonyl (C=O) groups is 2. The maximum Gasteiger partial charge on any atom is 0.328 e. The van der Waals surface area contributed by atoms with Gasteiger partial charge in [-0.15, -0.1) is 0 Å². The van der Waals surface area contributed by atoms with Crippen LogP contribution in [0.1, 0.15) is 16.1 Å². The van der Waals surface area contributed by atoms with Gasteiger partial charge in [0, 0.05) is 13.6 Å². The number of carboxylic acid groups (broad SMARTS) is 1. The fourth-order valence-electron chi connectivity index (χ4n) is 2.33. The summed E-state index contributed by atoms with van der Waals surface area (Å²) in [4.78, 5) is 24.4. The second-order valence-corrected chi connectivity index (χ2v) is 4.39. The summed E-state index contributed by atoms with van der Waals surface area (Å²) in [5.74, 6) is -1.19. The number of carboxylic acids is 1. The lowest BCUT2D eigenvalue weighted by atomic mass is 10.1. The number of hydrogen-bond acceptors (Lipinski definition) is 5. The van der Waals surface area contributed by atoms with Gasteiger partial charge in [-0.3, -0.25) is 9.48 Å². The summed E-state index contributed by atoms with van der Waals surface area (Å²) in [7, 11) is 1.66. The number of aryl methyl sites for hydroxylation is 2. The van der Waals surface area contributed by atoms with Crippen LogP contribution in [0.5, 0.6) is 0 Å². The molecule has 1 aromatic rings. The lowest BCUT2D eigenvalue weighted by Crippen LogP contribution is -2.51. The first kappa shape index (κ1) is 13.3. The predicted octanol–water partition coefficient (Wildman–Crippen LogP) is -0.883. The highest BCUT2D eigenvalue weighted by Gasteiger charge is 2.34. The SMILES string of the molecule is Cc1nn(C)c(N2CCOCC2C(=O)O)c1C(N)=O. The van der Waals surface area contributed by atoms with Gasteiger partial charge in [0.25, 0.3) is 5.91 Å². The predicted molar refractivity (Wildman–Crippen MR) is 66.1 cm³/mol. The molecule has 1 unspecified atom stereocenters. The number of ether oxygens (including phenoxy) is 1. The number of primary amides is 1. The molecule has 0 radical (unpaired) electrons. The molecule has 2 rings (SSSR count). The molecule has 0 aliphatic carbocycles. The van der Waals surface area contributed by atoms with Gasteiger partial charge in [0.05, 0.1) is 18.9 Å². The first-order valence-electron chi connectivity index (χ1n) is 5.84. The highest BCUT2D eigenvalue weighted by atomic mass is 16.5. The Morgan fingerprint density at radius 3 is 2.79 bits per heavy atom. The largest absolute Gasteiger partial charge is 0.480 e. The molecular weight excluding hydrogens is 252 g/mol. The van der Waals surface area contributed by atoms with Crippen LogP contribution in [0.2, 0.25) is 0 Å². The van der Waals surface area contributed by atoms with E-state index in [1.54, 1.807) is 18.9 Å². The number of anilines is 1. The first-order chi connectivity index (χ1) is 8.93. The van der Waals surface area contributed by atoms with Crippen LogP contribution in [0.15, 0.2) is 0 Å². The second kappa shape index (κ2) is 4.88. The van der Waals surface area contributed by atoms with Crippen molar-refractivity contribution in [3.8, 4) is 0 Å². The van der Waals surface area contributed by atoms with Crippen LogP contribution in [-0.2, 0) is 16.6 Å². The molecule has 1 aromatic heterocycles. The number of morpholine rings is 1. The minimum absolute atomic E-state index is 0.0672. The van der Waals surface area contributed by atoms with Crippen LogP contribution in [0.25, 0.3) is 0 Å². The van der Waals surface area contributed by atoms with Gasteiger partial charge in [0.1, 0.15) is 11.4 Å². The Labute approximate surface area is 109 Å². The van der Waals surface area contributed by atoms with Crippen molar-refractivity contribution in [3.63, 3.8) is 0 Å². The van der Waals surface area contributed by atoms with Crippen LogP contribution in [0.4, 0.5) is 5.82 Å². The minimum Gasteiger partial charge on any atom is -0.480 e. The number of rotatable bonds is 3. The number of carbonyl (C=O) groups excluding carboxylic acids is 1. The third-order valence-electron chi connectivity index (χ3n) is 3.12. The van der Waals surface area contributed by atoms with Gasteiger partial charge in [-0.05, 0) is 6.92 Å². The van der Waals surface area contributed by atoms with Crippen molar-refractivity contribution in [2.24, 2.45) is 12.8 Å². The average Bonchev–Trinajstić information content (AvgIpc) is 2.64. The number of aliphatic carboxylic acids is 1. The maximum atomic E-state index is 11.5. The van der Waals surface area contributed by atoms with E-state index in [1.807, 2.05) is 0 Å². The Morgan fingerprint density at radius 1 is 1.53 bits per heavy atom. The Hall–Kier alpha value is -2.09. The maximum absolute atomic E-state index is 11.5. The zero-order chi connectivity index (χ0) is 14.2. The molecular formula is C11H16N4O4. The molecule has 3 N–H and O–H groups in total. The monoisotopic (exact) mass is 268 g/mol. The van der Waals surface area contributed by atoms with Crippen LogP contribution in [-0.4, -0.2) is 52.6 Å². The summed E-state index contributed by atoms with van der Waals surface area (Å²) in [5.41, 5.74) is 6.11. The Kier molecular flexibility index (Phi) is 3.43. The van der Waals surface area contributed by atoms with E-state index in [4.69, 9.17) is 10.5 Å². The van der Waals surface area contributed by atoms with Gasteiger partial charge in [0.2, 0.25) is 0 Å². The van der Waals surface area contributed by atoms with Crippen LogP contribution < -0.4 is 10.6 Å². The van der Waals surface area contributed by atoms with Crippen molar-refractivity contribution in [2.45, 2.75) is 13.0 Å². The normalized spacial score (nSPS) is 19.5. The highest BCUT2D eigenvalue weighted by Crippen LogP contribution is 2.26. The third kappa shape index (κ3) is 2.26. The topological polar surface area (TPSA) is 111 Å². The molecule has 0 saturated carbocycles. The molecule has 8 heteroatoms. The van der Waals surface area contributed by atoms with Crippen molar-refractivity contribution >= 4 is 17.7 Å². The number of aromatic nitrogens is 2. The first-order valence-corrected chi connectivity index (χ1v) is 5.84. The van der Waals surface area contributed by atoms with E-state index >= 15 is 0 Å². The quantitative estimate of drug-likeness (QED) is 0.736. The molecule has 19 heavy (non-hydrogen) atoms. The van der Waals surface area contributed by atoms with E-state index in [0.717, 1.165) is 0 Å². The van der Waals surface area contributed by atoms with Crippen molar-refractivity contribution < 1.29 is 19.4 Å². The van der Waals surface area contributed by atoms with Gasteiger partial charge >= 0.3 is 5.97 Å². The van der Waals surface area contributed by atoms with Gasteiger partial charge < -0.3 is 20.5 Å². The van der Waals surface area contributed by atoms with Crippen LogP contribution >= 0.6 is 0 Å². The zero-order valence-corrected chi connectivity index (χ0v) is 10.8. The van der Waals surface area contributed by atoms with Crippen LogP contribution in [0, 0.1) is 6.92 Å². The van der Waals surface area contributed by atoms with Crippen LogP contribution in [0.3, 0.4) is 0 Å². The van der Waals surface area contributed by atoms with Gasteiger partial charge in [-0.2, -0.15) is 5.10 Å². The number of nitrogens with two attached hydrogens (primary N) is 1. The molecule has 1 amide bonds. The van der Waals surface area contributed by atoms with Gasteiger partial charge in [-0.1, -0.05) is 0 Å². The third-order valence-corrected chi connectivity index (χ3v) is 3.12. The van der Waals surface area contributed by atoms with E-state index < -0.39 is 17.9 Å². The minimum atomic E-state index is -1.01. The molecule has 104 valence electrons. The van der Waals surface area contributed by atoms with E-state index in [9.17, 15) is 14.7 Å². The summed E-state index contributed by atoms with van der Waals surface area (Å²) in [5, 5.41) is 13.4. The molecule has 1 aliphatic rings. The average molecular weight is 268 g/mol. The molecule has 8 nitrogen and oxygen atoms in total. The van der Waals surface area contributed by atoms with E-state index in [2.05, 4.69) is 5.10 Å². The van der Waals surface area contributed by atoms with Gasteiger partial charge in [-0.25, -0.2) is 4.79 Å². The van der Waals surface area contributed by atoms with Crippen molar-refractivity contribution in [1.82, 2.24) is 9.78 Å². The van der Waals surface area contributed by atoms with E-state index in [1.165, 1.54) is 4.68 Å². The number of nitrogens with zero attached hydrogens (tertiary/aromatic N) is 3. The molecule has 0 bridgehead atoms. The summed E-state index contributed by atoms with van der Waals surface area (Å²) in [6.07, 6.45) is 0. The second-order valence-electron chi connectivity index (χ2n) is 4.39. The smallest absolute Gasteiger partial charge is 0.328 e. The van der Waals surface area contributed by atoms with E-state index in [0.29, 0.717) is 24.7 Å².